The number of hydrogen-bond acceptors (Lipinski definition) is 5. The van der Waals surface area contributed by atoms with Crippen molar-refractivity contribution in [3.63, 3.8) is 0 Å². The van der Waals surface area contributed by atoms with Crippen LogP contribution in [0.25, 0.3) is 0 Å². The lowest BCUT2D eigenvalue weighted by molar-refractivity contribution is -0.104. The standard InChI is InChI=1S/C13H14N2O3/c1-8-2-3-11(17)9(6-8)12(18)10(7-16)13-14-4-5-15-13/h2-3,6-7,14-15,17H,4-5H2,1H3. The molecule has 0 unspecified atom stereocenters. The number of carbonyl (C=O) groups excluding carboxylic acids is 2. The van der Waals surface area contributed by atoms with Crippen LogP contribution in [0.1, 0.15) is 15.9 Å². The van der Waals surface area contributed by atoms with E-state index in [4.69, 9.17) is 0 Å². The van der Waals surface area contributed by atoms with Gasteiger partial charge in [0.15, 0.2) is 6.29 Å². The van der Waals surface area contributed by atoms with Crippen LogP contribution in [0, 0.1) is 6.92 Å². The highest BCUT2D eigenvalue weighted by Gasteiger charge is 2.21. The molecule has 3 N–H and O–H groups in total. The molecule has 1 saturated heterocycles. The van der Waals surface area contributed by atoms with Crippen molar-refractivity contribution in [3.8, 4) is 5.75 Å². The van der Waals surface area contributed by atoms with E-state index in [-0.39, 0.29) is 16.9 Å². The maximum Gasteiger partial charge on any atom is 0.203 e. The molecule has 2 rings (SSSR count). The van der Waals surface area contributed by atoms with Gasteiger partial charge in [-0.2, -0.15) is 0 Å². The van der Waals surface area contributed by atoms with Gasteiger partial charge in [0.2, 0.25) is 5.78 Å². The number of phenols is 1. The highest BCUT2D eigenvalue weighted by atomic mass is 16.3. The molecule has 0 atom stereocenters. The van der Waals surface area contributed by atoms with Crippen molar-refractivity contribution < 1.29 is 14.7 Å². The molecular formula is C13H14N2O3. The van der Waals surface area contributed by atoms with E-state index in [1.165, 1.54) is 6.07 Å². The number of phenolic OH excluding ortho intramolecular Hbond substituents is 1. The number of aromatic hydroxyl groups is 1. The van der Waals surface area contributed by atoms with Gasteiger partial charge in [-0.1, -0.05) is 11.6 Å². The lowest BCUT2D eigenvalue weighted by Crippen LogP contribution is -2.19. The fourth-order valence-corrected chi connectivity index (χ4v) is 1.83. The number of nitrogens with one attached hydrogen (secondary N) is 2. The van der Waals surface area contributed by atoms with Crippen molar-refractivity contribution in [2.45, 2.75) is 6.92 Å². The predicted molar refractivity (Wildman–Crippen MR) is 66.3 cm³/mol. The van der Waals surface area contributed by atoms with Crippen LogP contribution in [-0.4, -0.2) is 30.3 Å². The number of allylic oxidation sites excluding steroid dienone is 1. The van der Waals surface area contributed by atoms with Crippen LogP contribution in [0.4, 0.5) is 0 Å². The van der Waals surface area contributed by atoms with E-state index in [1.807, 2.05) is 6.92 Å². The average molecular weight is 246 g/mol. The van der Waals surface area contributed by atoms with Gasteiger partial charge in [-0.15, -0.1) is 0 Å². The Bertz CT molecular complexity index is 527. The summed E-state index contributed by atoms with van der Waals surface area (Å²) in [6.07, 6.45) is 0.505. The zero-order chi connectivity index (χ0) is 13.1. The van der Waals surface area contributed by atoms with E-state index in [0.717, 1.165) is 5.56 Å². The topological polar surface area (TPSA) is 78.4 Å². The summed E-state index contributed by atoms with van der Waals surface area (Å²) in [5.74, 6) is -0.178. The normalized spacial score (nSPS) is 13.7. The number of Topliss-reactive ketones (excluding diaryl/α,β-unsaturated/α-hetero) is 1. The summed E-state index contributed by atoms with van der Waals surface area (Å²) >= 11 is 0. The highest BCUT2D eigenvalue weighted by molar-refractivity contribution is 6.21. The molecular weight excluding hydrogens is 232 g/mol. The van der Waals surface area contributed by atoms with Crippen molar-refractivity contribution in [3.05, 3.63) is 40.7 Å². The van der Waals surface area contributed by atoms with Crippen LogP contribution in [0.2, 0.25) is 0 Å². The molecule has 5 heteroatoms. The van der Waals surface area contributed by atoms with Crippen molar-refractivity contribution in [1.29, 1.82) is 0 Å². The quantitative estimate of drug-likeness (QED) is 0.238. The Labute approximate surface area is 105 Å². The van der Waals surface area contributed by atoms with Gasteiger partial charge in [0.05, 0.1) is 5.56 Å². The summed E-state index contributed by atoms with van der Waals surface area (Å²) in [4.78, 5) is 23.3. The molecule has 1 aliphatic rings. The van der Waals surface area contributed by atoms with Gasteiger partial charge in [0, 0.05) is 13.1 Å². The second-order valence-corrected chi connectivity index (χ2v) is 4.11. The van der Waals surface area contributed by atoms with E-state index >= 15 is 0 Å². The third-order valence-corrected chi connectivity index (χ3v) is 2.76. The predicted octanol–water partition coefficient (Wildman–Crippen LogP) is 0.487. The van der Waals surface area contributed by atoms with Crippen LogP contribution in [0.3, 0.4) is 0 Å². The van der Waals surface area contributed by atoms with Crippen LogP contribution >= 0.6 is 0 Å². The second-order valence-electron chi connectivity index (χ2n) is 4.11. The Balaban J connectivity index is 2.43. The molecule has 0 spiro atoms. The number of aldehydes is 1. The molecule has 94 valence electrons. The molecule has 1 fully saturated rings. The number of rotatable bonds is 3. The summed E-state index contributed by atoms with van der Waals surface area (Å²) in [6.45, 7) is 3.15. The van der Waals surface area contributed by atoms with Crippen molar-refractivity contribution in [2.75, 3.05) is 13.1 Å². The average Bonchev–Trinajstić information content (AvgIpc) is 2.87. The minimum atomic E-state index is -0.483. The number of hydrogen-bond donors (Lipinski definition) is 3. The van der Waals surface area contributed by atoms with Gasteiger partial charge in [-0.05, 0) is 19.1 Å². The largest absolute Gasteiger partial charge is 0.507 e. The lowest BCUT2D eigenvalue weighted by atomic mass is 10.0. The van der Waals surface area contributed by atoms with E-state index < -0.39 is 5.78 Å². The van der Waals surface area contributed by atoms with E-state index in [1.54, 1.807) is 12.1 Å². The van der Waals surface area contributed by atoms with Crippen LogP contribution < -0.4 is 10.6 Å². The third-order valence-electron chi connectivity index (χ3n) is 2.76. The van der Waals surface area contributed by atoms with Crippen LogP contribution in [0.5, 0.6) is 5.75 Å². The molecule has 1 aromatic rings. The molecule has 0 radical (unpaired) electrons. The monoisotopic (exact) mass is 246 g/mol. The molecule has 18 heavy (non-hydrogen) atoms. The van der Waals surface area contributed by atoms with Crippen molar-refractivity contribution >= 4 is 12.1 Å². The maximum atomic E-state index is 12.2. The molecule has 1 aromatic carbocycles. The van der Waals surface area contributed by atoms with Gasteiger partial charge in [-0.25, -0.2) is 0 Å². The van der Waals surface area contributed by atoms with Crippen LogP contribution in [-0.2, 0) is 4.79 Å². The summed E-state index contributed by atoms with van der Waals surface area (Å²) in [7, 11) is 0. The number of aryl methyl sites for hydroxylation is 1. The molecule has 0 amide bonds. The smallest absolute Gasteiger partial charge is 0.203 e. The molecule has 1 aliphatic heterocycles. The zero-order valence-corrected chi connectivity index (χ0v) is 9.99. The Hall–Kier alpha value is -2.30. The minimum Gasteiger partial charge on any atom is -0.507 e. The van der Waals surface area contributed by atoms with Crippen LogP contribution in [0.15, 0.2) is 29.6 Å². The highest BCUT2D eigenvalue weighted by Crippen LogP contribution is 2.21. The number of benzene rings is 1. The molecule has 0 saturated carbocycles. The molecule has 0 bridgehead atoms. The van der Waals surface area contributed by atoms with E-state index in [0.29, 0.717) is 25.2 Å². The first-order chi connectivity index (χ1) is 8.63. The Kier molecular flexibility index (Phi) is 3.32. The van der Waals surface area contributed by atoms with Crippen molar-refractivity contribution in [2.24, 2.45) is 0 Å². The van der Waals surface area contributed by atoms with Gasteiger partial charge in [-0.3, -0.25) is 9.59 Å². The lowest BCUT2D eigenvalue weighted by Gasteiger charge is -2.07. The minimum absolute atomic E-state index is 0.00778. The molecule has 0 aliphatic carbocycles. The Morgan fingerprint density at radius 1 is 1.33 bits per heavy atom. The molecule has 0 aromatic heterocycles. The Morgan fingerprint density at radius 3 is 2.61 bits per heavy atom. The van der Waals surface area contributed by atoms with Gasteiger partial charge < -0.3 is 15.7 Å². The van der Waals surface area contributed by atoms with E-state index in [9.17, 15) is 14.7 Å². The number of ketones is 1. The first kappa shape index (κ1) is 12.2. The van der Waals surface area contributed by atoms with E-state index in [2.05, 4.69) is 10.6 Å². The van der Waals surface area contributed by atoms with Gasteiger partial charge in [0.25, 0.3) is 0 Å². The fraction of sp³-hybridized carbons (Fsp3) is 0.231. The third kappa shape index (κ3) is 2.20. The first-order valence-electron chi connectivity index (χ1n) is 5.65. The van der Waals surface area contributed by atoms with Gasteiger partial charge in [0.1, 0.15) is 17.1 Å². The first-order valence-corrected chi connectivity index (χ1v) is 5.65. The Morgan fingerprint density at radius 2 is 2.00 bits per heavy atom. The summed E-state index contributed by atoms with van der Waals surface area (Å²) in [5.41, 5.74) is 0.993. The SMILES string of the molecule is Cc1ccc(O)c(C(=O)C(C=O)=C2NCCN2)c1. The maximum absolute atomic E-state index is 12.2. The number of carbonyl (C=O) groups is 2. The zero-order valence-electron chi connectivity index (χ0n) is 9.99. The summed E-state index contributed by atoms with van der Waals surface area (Å²) < 4.78 is 0. The summed E-state index contributed by atoms with van der Waals surface area (Å²) in [6, 6.07) is 4.72. The molecule has 5 nitrogen and oxygen atoms in total. The summed E-state index contributed by atoms with van der Waals surface area (Å²) in [5, 5.41) is 15.5. The molecule has 1 heterocycles. The van der Waals surface area contributed by atoms with Gasteiger partial charge >= 0.3 is 0 Å². The fourth-order valence-electron chi connectivity index (χ4n) is 1.83. The van der Waals surface area contributed by atoms with Crippen molar-refractivity contribution in [1.82, 2.24) is 10.6 Å². The second kappa shape index (κ2) is 4.91.